The summed E-state index contributed by atoms with van der Waals surface area (Å²) in [6.07, 6.45) is 3.41. The molecule has 0 saturated heterocycles. The van der Waals surface area contributed by atoms with E-state index in [-0.39, 0.29) is 28.5 Å². The van der Waals surface area contributed by atoms with Crippen LogP contribution in [0.4, 0.5) is 14.5 Å². The number of nitrogens with two attached hydrogens (primary N) is 1. The largest absolute Gasteiger partial charge is 0.502 e. The number of ether oxygens (including phenoxy) is 2. The van der Waals surface area contributed by atoms with Crippen molar-refractivity contribution in [1.82, 2.24) is 0 Å². The molecule has 0 aliphatic rings. The summed E-state index contributed by atoms with van der Waals surface area (Å²) in [7, 11) is 2.87. The molecule has 2 aromatic rings. The molecule has 0 spiro atoms. The Morgan fingerprint density at radius 2 is 1.62 bits per heavy atom. The molecule has 2 aromatic carbocycles. The van der Waals surface area contributed by atoms with Gasteiger partial charge in [-0.3, -0.25) is 0 Å². The van der Waals surface area contributed by atoms with Gasteiger partial charge >= 0.3 is 0 Å². The van der Waals surface area contributed by atoms with E-state index in [4.69, 9.17) is 15.2 Å². The normalized spacial score (nSPS) is 11.7. The molecule has 6 heteroatoms. The van der Waals surface area contributed by atoms with Gasteiger partial charge in [0.15, 0.2) is 11.5 Å². The molecule has 0 heterocycles. The number of nitrogen functional groups attached to an aromatic ring is 1. The molecule has 0 aromatic heterocycles. The van der Waals surface area contributed by atoms with Gasteiger partial charge in [0.25, 0.3) is 5.92 Å². The highest BCUT2D eigenvalue weighted by atomic mass is 19.3. The van der Waals surface area contributed by atoms with E-state index in [9.17, 15) is 13.9 Å². The van der Waals surface area contributed by atoms with Crippen molar-refractivity contribution in [2.75, 3.05) is 20.0 Å². The molecule has 0 atom stereocenters. The number of aromatic hydroxyl groups is 1. The lowest BCUT2D eigenvalue weighted by molar-refractivity contribution is 0.0175. The lowest BCUT2D eigenvalue weighted by Gasteiger charge is -2.12. The van der Waals surface area contributed by atoms with Crippen LogP contribution in [0.5, 0.6) is 17.2 Å². The second kappa shape index (κ2) is 6.78. The van der Waals surface area contributed by atoms with Crippen LogP contribution < -0.4 is 15.2 Å². The van der Waals surface area contributed by atoms with E-state index in [0.717, 1.165) is 6.92 Å². The first-order chi connectivity index (χ1) is 11.3. The molecular weight excluding hydrogens is 316 g/mol. The maximum Gasteiger partial charge on any atom is 0.270 e. The van der Waals surface area contributed by atoms with Crippen LogP contribution in [0, 0.1) is 0 Å². The predicted molar refractivity (Wildman–Crippen MR) is 90.6 cm³/mol. The summed E-state index contributed by atoms with van der Waals surface area (Å²) in [5, 5.41) is 9.88. The van der Waals surface area contributed by atoms with Crippen LogP contribution in [0.15, 0.2) is 30.3 Å². The van der Waals surface area contributed by atoms with Crippen molar-refractivity contribution in [1.29, 1.82) is 0 Å². The Morgan fingerprint density at radius 1 is 1.04 bits per heavy atom. The molecule has 128 valence electrons. The van der Waals surface area contributed by atoms with Crippen LogP contribution in [0.2, 0.25) is 0 Å². The third kappa shape index (κ3) is 3.76. The first-order valence-corrected chi connectivity index (χ1v) is 7.17. The van der Waals surface area contributed by atoms with Gasteiger partial charge < -0.3 is 20.3 Å². The van der Waals surface area contributed by atoms with Crippen molar-refractivity contribution in [2.45, 2.75) is 12.8 Å². The number of anilines is 1. The minimum atomic E-state index is -2.94. The molecule has 3 N–H and O–H groups in total. The molecule has 0 amide bonds. The van der Waals surface area contributed by atoms with Crippen molar-refractivity contribution >= 4 is 17.8 Å². The number of alkyl halides is 2. The Kier molecular flexibility index (Phi) is 4.97. The van der Waals surface area contributed by atoms with Crippen molar-refractivity contribution in [3.8, 4) is 17.2 Å². The number of halogens is 2. The van der Waals surface area contributed by atoms with Crippen LogP contribution in [0.25, 0.3) is 12.2 Å². The molecule has 4 nitrogen and oxygen atoms in total. The fourth-order valence-electron chi connectivity index (χ4n) is 2.20. The molecule has 0 unspecified atom stereocenters. The third-order valence-electron chi connectivity index (χ3n) is 3.55. The summed E-state index contributed by atoms with van der Waals surface area (Å²) in [6, 6.07) is 7.39. The highest BCUT2D eigenvalue weighted by molar-refractivity contribution is 5.77. The Balaban J connectivity index is 2.35. The smallest absolute Gasteiger partial charge is 0.270 e. The van der Waals surface area contributed by atoms with Crippen LogP contribution in [-0.4, -0.2) is 19.3 Å². The highest BCUT2D eigenvalue weighted by Crippen LogP contribution is 2.37. The van der Waals surface area contributed by atoms with Gasteiger partial charge in [-0.1, -0.05) is 24.3 Å². The number of benzene rings is 2. The van der Waals surface area contributed by atoms with E-state index in [2.05, 4.69) is 0 Å². The zero-order valence-electron chi connectivity index (χ0n) is 13.6. The number of hydrogen-bond acceptors (Lipinski definition) is 4. The fraction of sp³-hybridized carbons (Fsp3) is 0.222. The van der Waals surface area contributed by atoms with Crippen molar-refractivity contribution in [3.63, 3.8) is 0 Å². The minimum Gasteiger partial charge on any atom is -0.502 e. The first-order valence-electron chi connectivity index (χ1n) is 7.17. The monoisotopic (exact) mass is 335 g/mol. The second-order valence-corrected chi connectivity index (χ2v) is 5.34. The summed E-state index contributed by atoms with van der Waals surface area (Å²) >= 11 is 0. The first kappa shape index (κ1) is 17.6. The zero-order valence-corrected chi connectivity index (χ0v) is 13.6. The van der Waals surface area contributed by atoms with Crippen molar-refractivity contribution in [2.24, 2.45) is 0 Å². The predicted octanol–water partition coefficient (Wildman–Crippen LogP) is 4.27. The number of methoxy groups -OCH3 is 2. The van der Waals surface area contributed by atoms with Crippen LogP contribution in [-0.2, 0) is 5.92 Å². The van der Waals surface area contributed by atoms with Crippen LogP contribution >= 0.6 is 0 Å². The Labute approximate surface area is 139 Å². The lowest BCUT2D eigenvalue weighted by Crippen LogP contribution is -2.07. The Bertz CT molecular complexity index is 742. The van der Waals surface area contributed by atoms with E-state index in [1.807, 2.05) is 0 Å². The van der Waals surface area contributed by atoms with Crippen molar-refractivity contribution in [3.05, 3.63) is 47.0 Å². The molecule has 0 fully saturated rings. The van der Waals surface area contributed by atoms with E-state index in [1.165, 1.54) is 32.4 Å². The van der Waals surface area contributed by atoms with E-state index < -0.39 is 5.92 Å². The van der Waals surface area contributed by atoms with Crippen molar-refractivity contribution < 1.29 is 23.4 Å². The number of phenols is 1. The van der Waals surface area contributed by atoms with E-state index in [1.54, 1.807) is 24.3 Å². The van der Waals surface area contributed by atoms with Crippen LogP contribution in [0.1, 0.15) is 23.6 Å². The Hall–Kier alpha value is -2.76. The molecule has 2 rings (SSSR count). The topological polar surface area (TPSA) is 64.7 Å². The highest BCUT2D eigenvalue weighted by Gasteiger charge is 2.24. The molecule has 0 aliphatic heterocycles. The third-order valence-corrected chi connectivity index (χ3v) is 3.55. The van der Waals surface area contributed by atoms with Crippen LogP contribution in [0.3, 0.4) is 0 Å². The summed E-state index contributed by atoms with van der Waals surface area (Å²) < 4.78 is 36.8. The van der Waals surface area contributed by atoms with Gasteiger partial charge in [-0.15, -0.1) is 0 Å². The Morgan fingerprint density at radius 3 is 2.08 bits per heavy atom. The SMILES string of the molecule is COc1cc(C=Cc2ccc(C(C)(F)F)cc2N)cc(OC)c1O. The quantitative estimate of drug-likeness (QED) is 0.632. The van der Waals surface area contributed by atoms with Gasteiger partial charge in [0, 0.05) is 18.2 Å². The molecule has 24 heavy (non-hydrogen) atoms. The second-order valence-electron chi connectivity index (χ2n) is 5.34. The van der Waals surface area contributed by atoms with Gasteiger partial charge in [-0.2, -0.15) is 0 Å². The molecule has 0 saturated carbocycles. The van der Waals surface area contributed by atoms with Gasteiger partial charge in [0.2, 0.25) is 5.75 Å². The standard InChI is InChI=1S/C18H19F2NO3/c1-18(19,20)13-7-6-12(14(21)10-13)5-4-11-8-15(23-2)17(22)16(9-11)24-3/h4-10,22H,21H2,1-3H3. The number of phenolic OH excluding ortho intramolecular Hbond substituents is 1. The maximum atomic E-state index is 13.3. The maximum absolute atomic E-state index is 13.3. The summed E-state index contributed by atoms with van der Waals surface area (Å²) in [4.78, 5) is 0. The summed E-state index contributed by atoms with van der Waals surface area (Å²) in [6.45, 7) is 0.826. The zero-order chi connectivity index (χ0) is 17.9. The number of hydrogen-bond donors (Lipinski definition) is 2. The molecule has 0 bridgehead atoms. The fourth-order valence-corrected chi connectivity index (χ4v) is 2.20. The van der Waals surface area contributed by atoms with Gasteiger partial charge in [-0.05, 0) is 29.3 Å². The molecule has 0 radical (unpaired) electrons. The van der Waals surface area contributed by atoms with Gasteiger partial charge in [0.1, 0.15) is 0 Å². The minimum absolute atomic E-state index is 0.0915. The molecular formula is C18H19F2NO3. The summed E-state index contributed by atoms with van der Waals surface area (Å²) in [5.41, 5.74) is 7.27. The number of rotatable bonds is 5. The lowest BCUT2D eigenvalue weighted by atomic mass is 10.0. The van der Waals surface area contributed by atoms with Gasteiger partial charge in [-0.25, -0.2) is 8.78 Å². The average molecular weight is 335 g/mol. The summed E-state index contributed by atoms with van der Waals surface area (Å²) in [5.74, 6) is -2.49. The van der Waals surface area contributed by atoms with E-state index >= 15 is 0 Å². The van der Waals surface area contributed by atoms with Gasteiger partial charge in [0.05, 0.1) is 14.2 Å². The van der Waals surface area contributed by atoms with E-state index in [0.29, 0.717) is 11.1 Å². The molecule has 0 aliphatic carbocycles. The average Bonchev–Trinajstić information content (AvgIpc) is 2.53.